The Kier molecular flexibility index (Phi) is 22.5. The van der Waals surface area contributed by atoms with Crippen LogP contribution in [0.3, 0.4) is 0 Å². The standard InChI is InChI=1S/C12H26O.C4H10O2/c1-3-5-7-9-11-13-12-10-8-6-4-2;1-2-3-4(5)6/h3-12H2,1-2H3;4-6H,2-3H2,1H3. The summed E-state index contributed by atoms with van der Waals surface area (Å²) in [6, 6.07) is 0. The molecular weight excluding hydrogens is 240 g/mol. The summed E-state index contributed by atoms with van der Waals surface area (Å²) in [6.07, 6.45) is 10.7. The van der Waals surface area contributed by atoms with Gasteiger partial charge in [0, 0.05) is 13.2 Å². The molecule has 0 bridgehead atoms. The SMILES string of the molecule is CCCC(O)O.CCCCCCOCCCCCC. The molecule has 0 aliphatic rings. The van der Waals surface area contributed by atoms with Crippen molar-refractivity contribution in [2.45, 2.75) is 91.3 Å². The second-order valence-corrected chi connectivity index (χ2v) is 5.00. The van der Waals surface area contributed by atoms with Gasteiger partial charge in [-0.2, -0.15) is 0 Å². The van der Waals surface area contributed by atoms with Crippen molar-refractivity contribution in [3.8, 4) is 0 Å². The van der Waals surface area contributed by atoms with E-state index in [1.54, 1.807) is 0 Å². The average Bonchev–Trinajstić information content (AvgIpc) is 2.37. The highest BCUT2D eigenvalue weighted by atomic mass is 16.5. The van der Waals surface area contributed by atoms with Gasteiger partial charge in [-0.3, -0.25) is 0 Å². The van der Waals surface area contributed by atoms with Gasteiger partial charge in [-0.15, -0.1) is 0 Å². The molecule has 0 aliphatic carbocycles. The van der Waals surface area contributed by atoms with Gasteiger partial charge in [0.05, 0.1) is 0 Å². The topological polar surface area (TPSA) is 49.7 Å². The van der Waals surface area contributed by atoms with Crippen molar-refractivity contribution in [3.63, 3.8) is 0 Å². The highest BCUT2D eigenvalue weighted by Gasteiger charge is 1.90. The van der Waals surface area contributed by atoms with Crippen LogP contribution in [-0.2, 0) is 4.74 Å². The Labute approximate surface area is 120 Å². The molecule has 19 heavy (non-hydrogen) atoms. The van der Waals surface area contributed by atoms with Crippen LogP contribution in [-0.4, -0.2) is 29.7 Å². The monoisotopic (exact) mass is 276 g/mol. The summed E-state index contributed by atoms with van der Waals surface area (Å²) in [4.78, 5) is 0. The third-order valence-corrected chi connectivity index (χ3v) is 2.83. The van der Waals surface area contributed by atoms with Crippen molar-refractivity contribution in [1.29, 1.82) is 0 Å². The number of hydrogen-bond donors (Lipinski definition) is 2. The van der Waals surface area contributed by atoms with Crippen molar-refractivity contribution < 1.29 is 14.9 Å². The number of ether oxygens (including phenoxy) is 1. The summed E-state index contributed by atoms with van der Waals surface area (Å²) in [5.41, 5.74) is 0. The average molecular weight is 276 g/mol. The van der Waals surface area contributed by atoms with Crippen LogP contribution in [0.5, 0.6) is 0 Å². The smallest absolute Gasteiger partial charge is 0.151 e. The van der Waals surface area contributed by atoms with E-state index in [4.69, 9.17) is 14.9 Å². The van der Waals surface area contributed by atoms with E-state index < -0.39 is 6.29 Å². The van der Waals surface area contributed by atoms with Crippen LogP contribution in [0.25, 0.3) is 0 Å². The summed E-state index contributed by atoms with van der Waals surface area (Å²) in [6.45, 7) is 8.34. The van der Waals surface area contributed by atoms with Crippen molar-refractivity contribution in [2.24, 2.45) is 0 Å². The van der Waals surface area contributed by atoms with Crippen molar-refractivity contribution in [1.82, 2.24) is 0 Å². The minimum atomic E-state index is -1.10. The lowest BCUT2D eigenvalue weighted by Gasteiger charge is -2.03. The lowest BCUT2D eigenvalue weighted by atomic mass is 10.2. The molecule has 0 unspecified atom stereocenters. The van der Waals surface area contributed by atoms with Crippen molar-refractivity contribution in [3.05, 3.63) is 0 Å². The molecule has 0 aliphatic heterocycles. The predicted molar refractivity (Wildman–Crippen MR) is 82.2 cm³/mol. The van der Waals surface area contributed by atoms with E-state index >= 15 is 0 Å². The quantitative estimate of drug-likeness (QED) is 0.413. The zero-order chi connectivity index (χ0) is 14.8. The Morgan fingerprint density at radius 3 is 1.42 bits per heavy atom. The number of unbranched alkanes of at least 4 members (excludes halogenated alkanes) is 6. The molecule has 0 aromatic rings. The lowest BCUT2D eigenvalue weighted by molar-refractivity contribution is -0.0453. The van der Waals surface area contributed by atoms with Crippen LogP contribution >= 0.6 is 0 Å². The summed E-state index contributed by atoms with van der Waals surface area (Å²) in [7, 11) is 0. The first-order valence-corrected chi connectivity index (χ1v) is 8.12. The number of rotatable bonds is 12. The molecule has 0 radical (unpaired) electrons. The molecule has 3 heteroatoms. The molecule has 3 nitrogen and oxygen atoms in total. The summed E-state index contributed by atoms with van der Waals surface area (Å²) >= 11 is 0. The molecule has 0 heterocycles. The van der Waals surface area contributed by atoms with E-state index in [1.807, 2.05) is 6.92 Å². The fourth-order valence-corrected chi connectivity index (χ4v) is 1.62. The Balaban J connectivity index is 0. The number of hydrogen-bond acceptors (Lipinski definition) is 3. The van der Waals surface area contributed by atoms with E-state index in [1.165, 1.54) is 51.4 Å². The summed E-state index contributed by atoms with van der Waals surface area (Å²) < 4.78 is 5.53. The molecule has 0 spiro atoms. The highest BCUT2D eigenvalue weighted by molar-refractivity contribution is 4.41. The first-order chi connectivity index (χ1) is 9.18. The molecule has 0 saturated carbocycles. The molecule has 0 atom stereocenters. The molecule has 0 saturated heterocycles. The van der Waals surface area contributed by atoms with Gasteiger partial charge >= 0.3 is 0 Å². The van der Waals surface area contributed by atoms with Crippen LogP contribution in [0.15, 0.2) is 0 Å². The van der Waals surface area contributed by atoms with Crippen LogP contribution in [0.2, 0.25) is 0 Å². The van der Waals surface area contributed by atoms with Gasteiger partial charge in [-0.1, -0.05) is 65.7 Å². The maximum absolute atomic E-state index is 8.11. The highest BCUT2D eigenvalue weighted by Crippen LogP contribution is 2.01. The van der Waals surface area contributed by atoms with Gasteiger partial charge in [-0.25, -0.2) is 0 Å². The largest absolute Gasteiger partial charge is 0.381 e. The normalized spacial score (nSPS) is 10.4. The maximum atomic E-state index is 8.11. The van der Waals surface area contributed by atoms with E-state index in [0.29, 0.717) is 6.42 Å². The Morgan fingerprint density at radius 2 is 1.16 bits per heavy atom. The fourth-order valence-electron chi connectivity index (χ4n) is 1.62. The van der Waals surface area contributed by atoms with Crippen molar-refractivity contribution in [2.75, 3.05) is 13.2 Å². The zero-order valence-electron chi connectivity index (χ0n) is 13.4. The van der Waals surface area contributed by atoms with Crippen LogP contribution in [0, 0.1) is 0 Å². The van der Waals surface area contributed by atoms with Crippen LogP contribution in [0.4, 0.5) is 0 Å². The van der Waals surface area contributed by atoms with Crippen LogP contribution < -0.4 is 0 Å². The third kappa shape index (κ3) is 27.2. The Hall–Kier alpha value is -0.120. The molecule has 118 valence electrons. The van der Waals surface area contributed by atoms with Gasteiger partial charge in [0.2, 0.25) is 0 Å². The second kappa shape index (κ2) is 20.2. The molecule has 0 amide bonds. The minimum Gasteiger partial charge on any atom is -0.381 e. The van der Waals surface area contributed by atoms with E-state index in [2.05, 4.69) is 13.8 Å². The number of aliphatic hydroxyl groups excluding tert-OH is 1. The van der Waals surface area contributed by atoms with Gasteiger partial charge in [0.25, 0.3) is 0 Å². The van der Waals surface area contributed by atoms with Crippen molar-refractivity contribution >= 4 is 0 Å². The molecule has 0 rings (SSSR count). The molecule has 0 fully saturated rings. The molecule has 2 N–H and O–H groups in total. The zero-order valence-corrected chi connectivity index (χ0v) is 13.4. The lowest BCUT2D eigenvalue weighted by Crippen LogP contribution is -2.01. The molecule has 0 aromatic heterocycles. The minimum absolute atomic E-state index is 0.486. The van der Waals surface area contributed by atoms with Crippen LogP contribution in [0.1, 0.15) is 85.0 Å². The van der Waals surface area contributed by atoms with Gasteiger partial charge in [-0.05, 0) is 19.3 Å². The first kappa shape index (κ1) is 21.2. The molecule has 0 aromatic carbocycles. The van der Waals surface area contributed by atoms with Gasteiger partial charge < -0.3 is 14.9 Å². The summed E-state index contributed by atoms with van der Waals surface area (Å²) in [5.74, 6) is 0. The first-order valence-electron chi connectivity index (χ1n) is 8.12. The van der Waals surface area contributed by atoms with Gasteiger partial charge in [0.1, 0.15) is 0 Å². The Morgan fingerprint density at radius 1 is 0.684 bits per heavy atom. The van der Waals surface area contributed by atoms with E-state index in [0.717, 1.165) is 19.6 Å². The molecular formula is C16H36O3. The second-order valence-electron chi connectivity index (χ2n) is 5.00. The van der Waals surface area contributed by atoms with E-state index in [9.17, 15) is 0 Å². The number of aliphatic hydroxyl groups is 2. The maximum Gasteiger partial charge on any atom is 0.151 e. The summed E-state index contributed by atoms with van der Waals surface area (Å²) in [5, 5.41) is 16.2. The van der Waals surface area contributed by atoms with E-state index in [-0.39, 0.29) is 0 Å². The Bertz CT molecular complexity index is 128. The van der Waals surface area contributed by atoms with Gasteiger partial charge in [0.15, 0.2) is 6.29 Å². The third-order valence-electron chi connectivity index (χ3n) is 2.83. The predicted octanol–water partition coefficient (Wildman–Crippen LogP) is 4.26. The fraction of sp³-hybridized carbons (Fsp3) is 1.00.